The highest BCUT2D eigenvalue weighted by Gasteiger charge is 2.31. The Morgan fingerprint density at radius 1 is 1.03 bits per heavy atom. The van der Waals surface area contributed by atoms with E-state index in [2.05, 4.69) is 5.32 Å². The smallest absolute Gasteiger partial charge is 0.244 e. The number of amides is 2. The van der Waals surface area contributed by atoms with Gasteiger partial charge in [0.25, 0.3) is 0 Å². The van der Waals surface area contributed by atoms with Gasteiger partial charge in [-0.15, -0.1) is 0 Å². The van der Waals surface area contributed by atoms with Gasteiger partial charge in [0.2, 0.25) is 21.8 Å². The molecular weight excluding hydrogens is 414 g/mol. The van der Waals surface area contributed by atoms with E-state index in [1.165, 1.54) is 11.9 Å². The number of benzene rings is 2. The molecule has 2 aromatic carbocycles. The molecule has 0 saturated carbocycles. The fraction of sp³-hybridized carbons (Fsp3) is 0.391. The van der Waals surface area contributed by atoms with Gasteiger partial charge in [0.05, 0.1) is 11.9 Å². The van der Waals surface area contributed by atoms with E-state index < -0.39 is 22.0 Å². The average Bonchev–Trinajstić information content (AvgIpc) is 2.75. The SMILES string of the molecule is CC[C@H](C(=O)NC)N(CCc1ccccc1)C(=O)CN(c1ccccc1C)S(C)(=O)=O. The van der Waals surface area contributed by atoms with Gasteiger partial charge < -0.3 is 10.2 Å². The molecule has 2 amide bonds. The minimum atomic E-state index is -3.71. The predicted molar refractivity (Wildman–Crippen MR) is 123 cm³/mol. The van der Waals surface area contributed by atoms with Crippen LogP contribution in [-0.4, -0.2) is 57.6 Å². The fourth-order valence-electron chi connectivity index (χ4n) is 3.50. The molecule has 31 heavy (non-hydrogen) atoms. The van der Waals surface area contributed by atoms with E-state index in [0.29, 0.717) is 25.1 Å². The number of aryl methyl sites for hydroxylation is 1. The molecule has 0 fully saturated rings. The van der Waals surface area contributed by atoms with Crippen LogP contribution in [0, 0.1) is 6.92 Å². The summed E-state index contributed by atoms with van der Waals surface area (Å²) in [5.74, 6) is -0.689. The Morgan fingerprint density at radius 2 is 1.65 bits per heavy atom. The van der Waals surface area contributed by atoms with Gasteiger partial charge >= 0.3 is 0 Å². The first-order valence-corrected chi connectivity index (χ1v) is 12.1. The average molecular weight is 446 g/mol. The third-order valence-electron chi connectivity index (χ3n) is 5.18. The van der Waals surface area contributed by atoms with Gasteiger partial charge in [0, 0.05) is 13.6 Å². The normalized spacial score (nSPS) is 12.1. The lowest BCUT2D eigenvalue weighted by atomic mass is 10.1. The van der Waals surface area contributed by atoms with Gasteiger partial charge in [-0.3, -0.25) is 13.9 Å². The number of nitrogens with one attached hydrogen (secondary N) is 1. The zero-order chi connectivity index (χ0) is 23.0. The van der Waals surface area contributed by atoms with Crippen LogP contribution in [0.15, 0.2) is 54.6 Å². The topological polar surface area (TPSA) is 86.8 Å². The molecule has 0 aromatic heterocycles. The van der Waals surface area contributed by atoms with Crippen LogP contribution in [0.25, 0.3) is 0 Å². The lowest BCUT2D eigenvalue weighted by Gasteiger charge is -2.32. The summed E-state index contributed by atoms with van der Waals surface area (Å²) in [5.41, 5.74) is 2.23. The van der Waals surface area contributed by atoms with Crippen LogP contribution in [0.3, 0.4) is 0 Å². The molecule has 0 bridgehead atoms. The Labute approximate surface area is 185 Å². The number of sulfonamides is 1. The second-order valence-electron chi connectivity index (χ2n) is 7.42. The van der Waals surface area contributed by atoms with Crippen molar-refractivity contribution in [2.75, 3.05) is 30.7 Å². The second kappa shape index (κ2) is 10.9. The number of anilines is 1. The third-order valence-corrected chi connectivity index (χ3v) is 6.31. The maximum absolute atomic E-state index is 13.4. The van der Waals surface area contributed by atoms with Crippen molar-refractivity contribution in [1.29, 1.82) is 0 Å². The molecule has 0 spiro atoms. The van der Waals surface area contributed by atoms with Crippen molar-refractivity contribution < 1.29 is 18.0 Å². The van der Waals surface area contributed by atoms with E-state index in [-0.39, 0.29) is 12.5 Å². The number of nitrogens with zero attached hydrogens (tertiary/aromatic N) is 2. The number of carbonyl (C=O) groups is 2. The standard InChI is InChI=1S/C23H31N3O4S/c1-5-20(23(28)24-3)25(16-15-19-12-7-6-8-13-19)22(27)17-26(31(4,29)30)21-14-10-9-11-18(21)2/h6-14,20H,5,15-17H2,1-4H3,(H,24,28)/t20-/m1/s1. The van der Waals surface area contributed by atoms with Crippen LogP contribution in [-0.2, 0) is 26.0 Å². The molecule has 0 radical (unpaired) electrons. The molecule has 2 rings (SSSR count). The monoisotopic (exact) mass is 445 g/mol. The van der Waals surface area contributed by atoms with Gasteiger partial charge in [0.15, 0.2) is 0 Å². The van der Waals surface area contributed by atoms with Crippen molar-refractivity contribution in [3.05, 3.63) is 65.7 Å². The van der Waals surface area contributed by atoms with Crippen molar-refractivity contribution >= 4 is 27.5 Å². The first kappa shape index (κ1) is 24.4. The molecule has 1 N–H and O–H groups in total. The van der Waals surface area contributed by atoms with Crippen molar-refractivity contribution in [1.82, 2.24) is 10.2 Å². The molecule has 0 unspecified atom stereocenters. The summed E-state index contributed by atoms with van der Waals surface area (Å²) in [6, 6.07) is 16.0. The minimum Gasteiger partial charge on any atom is -0.357 e. The molecule has 1 atom stereocenters. The highest BCUT2D eigenvalue weighted by atomic mass is 32.2. The molecule has 0 aliphatic carbocycles. The summed E-state index contributed by atoms with van der Waals surface area (Å²) in [4.78, 5) is 27.3. The summed E-state index contributed by atoms with van der Waals surface area (Å²) in [7, 11) is -2.18. The summed E-state index contributed by atoms with van der Waals surface area (Å²) in [5, 5.41) is 2.61. The quantitative estimate of drug-likeness (QED) is 0.608. The molecule has 0 aliphatic rings. The van der Waals surface area contributed by atoms with Crippen LogP contribution in [0.5, 0.6) is 0 Å². The molecule has 8 heteroatoms. The maximum atomic E-state index is 13.4. The van der Waals surface area contributed by atoms with Crippen LogP contribution < -0.4 is 9.62 Å². The minimum absolute atomic E-state index is 0.272. The second-order valence-corrected chi connectivity index (χ2v) is 9.32. The summed E-state index contributed by atoms with van der Waals surface area (Å²) in [6.45, 7) is 3.56. The van der Waals surface area contributed by atoms with Crippen LogP contribution in [0.1, 0.15) is 24.5 Å². The zero-order valence-corrected chi connectivity index (χ0v) is 19.4. The van der Waals surface area contributed by atoms with E-state index in [0.717, 1.165) is 21.7 Å². The number of likely N-dealkylation sites (N-methyl/N-ethyl adjacent to an activating group) is 1. The number of hydrogen-bond donors (Lipinski definition) is 1. The van der Waals surface area contributed by atoms with Gasteiger partial charge in [-0.05, 0) is 37.0 Å². The van der Waals surface area contributed by atoms with E-state index in [4.69, 9.17) is 0 Å². The fourth-order valence-corrected chi connectivity index (χ4v) is 4.41. The van der Waals surface area contributed by atoms with Crippen molar-refractivity contribution in [2.45, 2.75) is 32.7 Å². The number of rotatable bonds is 10. The van der Waals surface area contributed by atoms with E-state index >= 15 is 0 Å². The Balaban J connectivity index is 2.35. The molecule has 2 aromatic rings. The molecule has 0 saturated heterocycles. The maximum Gasteiger partial charge on any atom is 0.244 e. The van der Waals surface area contributed by atoms with Crippen molar-refractivity contribution in [2.24, 2.45) is 0 Å². The van der Waals surface area contributed by atoms with Gasteiger partial charge in [-0.1, -0.05) is 55.5 Å². The molecule has 0 heterocycles. The first-order valence-electron chi connectivity index (χ1n) is 10.3. The van der Waals surface area contributed by atoms with Crippen molar-refractivity contribution in [3.8, 4) is 0 Å². The lowest BCUT2D eigenvalue weighted by Crippen LogP contribution is -2.52. The number of carbonyl (C=O) groups excluding carboxylic acids is 2. The van der Waals surface area contributed by atoms with Crippen molar-refractivity contribution in [3.63, 3.8) is 0 Å². The number of para-hydroxylation sites is 1. The van der Waals surface area contributed by atoms with E-state index in [1.54, 1.807) is 25.1 Å². The number of hydrogen-bond acceptors (Lipinski definition) is 4. The van der Waals surface area contributed by atoms with Gasteiger partial charge in [0.1, 0.15) is 12.6 Å². The Hall–Kier alpha value is -2.87. The van der Waals surface area contributed by atoms with Gasteiger partial charge in [-0.2, -0.15) is 0 Å². The molecule has 7 nitrogen and oxygen atoms in total. The highest BCUT2D eigenvalue weighted by Crippen LogP contribution is 2.22. The Morgan fingerprint density at radius 3 is 2.19 bits per heavy atom. The third kappa shape index (κ3) is 6.55. The molecule has 0 aliphatic heterocycles. The predicted octanol–water partition coefficient (Wildman–Crippen LogP) is 2.36. The molecule has 168 valence electrons. The summed E-state index contributed by atoms with van der Waals surface area (Å²) >= 11 is 0. The summed E-state index contributed by atoms with van der Waals surface area (Å²) < 4.78 is 26.2. The van der Waals surface area contributed by atoms with E-state index in [1.807, 2.05) is 43.3 Å². The van der Waals surface area contributed by atoms with Gasteiger partial charge in [-0.25, -0.2) is 8.42 Å². The Bertz CT molecular complexity index is 993. The Kier molecular flexibility index (Phi) is 8.62. The zero-order valence-electron chi connectivity index (χ0n) is 18.5. The summed E-state index contributed by atoms with van der Waals surface area (Å²) in [6.07, 6.45) is 2.06. The first-order chi connectivity index (χ1) is 14.7. The van der Waals surface area contributed by atoms with E-state index in [9.17, 15) is 18.0 Å². The molecular formula is C23H31N3O4S. The van der Waals surface area contributed by atoms with Crippen LogP contribution in [0.4, 0.5) is 5.69 Å². The lowest BCUT2D eigenvalue weighted by molar-refractivity contribution is -0.139. The van der Waals surface area contributed by atoms with Crippen LogP contribution in [0.2, 0.25) is 0 Å². The van der Waals surface area contributed by atoms with Crippen LogP contribution >= 0.6 is 0 Å². The largest absolute Gasteiger partial charge is 0.357 e. The highest BCUT2D eigenvalue weighted by molar-refractivity contribution is 7.92.